The summed E-state index contributed by atoms with van der Waals surface area (Å²) in [5, 5.41) is 11.3. The van der Waals surface area contributed by atoms with E-state index in [1.807, 2.05) is 35.7 Å². The summed E-state index contributed by atoms with van der Waals surface area (Å²) >= 11 is 1.38. The maximum atomic E-state index is 10.7. The standard InChI is InChI=1S/C12H11NO2S/c13-12-11(8-4-2-1-3-5-8)9(7-16-12)6-10(14)15/h1-5,7H,6,13H2,(H,14,15). The molecule has 0 amide bonds. The van der Waals surface area contributed by atoms with Gasteiger partial charge in [-0.3, -0.25) is 4.79 Å². The smallest absolute Gasteiger partial charge is 0.307 e. The Kier molecular flexibility index (Phi) is 2.92. The van der Waals surface area contributed by atoms with Crippen LogP contribution in [0, 0.1) is 0 Å². The number of aliphatic carboxylic acids is 1. The van der Waals surface area contributed by atoms with Crippen LogP contribution in [0.5, 0.6) is 0 Å². The number of nitrogen functional groups attached to an aromatic ring is 1. The van der Waals surface area contributed by atoms with E-state index >= 15 is 0 Å². The van der Waals surface area contributed by atoms with Gasteiger partial charge in [0.25, 0.3) is 0 Å². The minimum atomic E-state index is -0.838. The molecule has 0 fully saturated rings. The van der Waals surface area contributed by atoms with E-state index in [0.29, 0.717) is 5.00 Å². The van der Waals surface area contributed by atoms with Crippen LogP contribution < -0.4 is 5.73 Å². The van der Waals surface area contributed by atoms with Crippen molar-refractivity contribution in [3.8, 4) is 11.1 Å². The highest BCUT2D eigenvalue weighted by Gasteiger charge is 2.13. The molecule has 1 aromatic carbocycles. The van der Waals surface area contributed by atoms with Crippen molar-refractivity contribution in [1.82, 2.24) is 0 Å². The highest BCUT2D eigenvalue weighted by atomic mass is 32.1. The summed E-state index contributed by atoms with van der Waals surface area (Å²) in [7, 11) is 0. The molecule has 0 aliphatic heterocycles. The predicted octanol–water partition coefficient (Wildman–Crippen LogP) is 2.62. The zero-order valence-electron chi connectivity index (χ0n) is 8.51. The van der Waals surface area contributed by atoms with Gasteiger partial charge in [0.1, 0.15) is 0 Å². The molecule has 0 saturated heterocycles. The molecule has 3 nitrogen and oxygen atoms in total. The Labute approximate surface area is 97.2 Å². The summed E-state index contributed by atoms with van der Waals surface area (Å²) in [5.74, 6) is -0.838. The summed E-state index contributed by atoms with van der Waals surface area (Å²) < 4.78 is 0. The maximum Gasteiger partial charge on any atom is 0.307 e. The average Bonchev–Trinajstić information content (AvgIpc) is 2.60. The maximum absolute atomic E-state index is 10.7. The minimum Gasteiger partial charge on any atom is -0.481 e. The van der Waals surface area contributed by atoms with E-state index in [-0.39, 0.29) is 6.42 Å². The normalized spacial score (nSPS) is 10.2. The molecule has 2 rings (SSSR count). The molecule has 0 spiro atoms. The SMILES string of the molecule is Nc1scc(CC(=O)O)c1-c1ccccc1. The predicted molar refractivity (Wildman–Crippen MR) is 65.5 cm³/mol. The van der Waals surface area contributed by atoms with Crippen molar-refractivity contribution >= 4 is 22.3 Å². The summed E-state index contributed by atoms with van der Waals surface area (Å²) in [6, 6.07) is 9.62. The van der Waals surface area contributed by atoms with Crippen LogP contribution in [0.2, 0.25) is 0 Å². The third kappa shape index (κ3) is 2.06. The topological polar surface area (TPSA) is 63.3 Å². The first kappa shape index (κ1) is 10.7. The average molecular weight is 233 g/mol. The molecule has 0 radical (unpaired) electrons. The molecule has 4 heteroatoms. The lowest BCUT2D eigenvalue weighted by Crippen LogP contribution is -2.00. The van der Waals surface area contributed by atoms with E-state index in [0.717, 1.165) is 16.7 Å². The number of thiophene rings is 1. The van der Waals surface area contributed by atoms with Gasteiger partial charge < -0.3 is 10.8 Å². The number of rotatable bonds is 3. The van der Waals surface area contributed by atoms with Crippen molar-refractivity contribution in [3.05, 3.63) is 41.3 Å². The van der Waals surface area contributed by atoms with Crippen LogP contribution in [0.1, 0.15) is 5.56 Å². The number of anilines is 1. The quantitative estimate of drug-likeness (QED) is 0.856. The lowest BCUT2D eigenvalue weighted by atomic mass is 10.0. The monoisotopic (exact) mass is 233 g/mol. The molecular formula is C12H11NO2S. The minimum absolute atomic E-state index is 0.0118. The highest BCUT2D eigenvalue weighted by molar-refractivity contribution is 7.14. The Hall–Kier alpha value is -1.81. The van der Waals surface area contributed by atoms with Crippen LogP contribution in [0.3, 0.4) is 0 Å². The van der Waals surface area contributed by atoms with Gasteiger partial charge in [-0.1, -0.05) is 30.3 Å². The van der Waals surface area contributed by atoms with E-state index in [4.69, 9.17) is 10.8 Å². The van der Waals surface area contributed by atoms with Crippen molar-refractivity contribution in [2.75, 3.05) is 5.73 Å². The van der Waals surface area contributed by atoms with Gasteiger partial charge in [0, 0.05) is 5.56 Å². The first-order valence-electron chi connectivity index (χ1n) is 4.81. The lowest BCUT2D eigenvalue weighted by molar-refractivity contribution is -0.136. The zero-order chi connectivity index (χ0) is 11.5. The first-order chi connectivity index (χ1) is 7.68. The Morgan fingerprint density at radius 3 is 2.62 bits per heavy atom. The van der Waals surface area contributed by atoms with Crippen LogP contribution >= 0.6 is 11.3 Å². The van der Waals surface area contributed by atoms with E-state index < -0.39 is 5.97 Å². The number of nitrogens with two attached hydrogens (primary N) is 1. The molecule has 1 heterocycles. The second-order valence-corrected chi connectivity index (χ2v) is 4.35. The molecule has 0 aliphatic carbocycles. The highest BCUT2D eigenvalue weighted by Crippen LogP contribution is 2.35. The van der Waals surface area contributed by atoms with Gasteiger partial charge in [0.15, 0.2) is 0 Å². The van der Waals surface area contributed by atoms with Crippen molar-refractivity contribution in [2.24, 2.45) is 0 Å². The summed E-state index contributed by atoms with van der Waals surface area (Å²) in [6.45, 7) is 0. The van der Waals surface area contributed by atoms with Crippen molar-refractivity contribution < 1.29 is 9.90 Å². The molecule has 1 aromatic heterocycles. The van der Waals surface area contributed by atoms with E-state index in [2.05, 4.69) is 0 Å². The lowest BCUT2D eigenvalue weighted by Gasteiger charge is -2.03. The van der Waals surface area contributed by atoms with Crippen molar-refractivity contribution in [3.63, 3.8) is 0 Å². The van der Waals surface area contributed by atoms with Gasteiger partial charge in [0.05, 0.1) is 11.4 Å². The largest absolute Gasteiger partial charge is 0.481 e. The summed E-state index contributed by atoms with van der Waals surface area (Å²) in [5.41, 5.74) is 8.48. The molecule has 3 N–H and O–H groups in total. The molecule has 0 unspecified atom stereocenters. The number of hydrogen-bond acceptors (Lipinski definition) is 3. The molecule has 0 saturated carbocycles. The Morgan fingerprint density at radius 1 is 1.31 bits per heavy atom. The van der Waals surface area contributed by atoms with Crippen LogP contribution in [0.25, 0.3) is 11.1 Å². The zero-order valence-corrected chi connectivity index (χ0v) is 9.33. The van der Waals surface area contributed by atoms with Crippen LogP contribution in [-0.2, 0) is 11.2 Å². The number of carboxylic acids is 1. The van der Waals surface area contributed by atoms with Crippen LogP contribution in [-0.4, -0.2) is 11.1 Å². The fourth-order valence-electron chi connectivity index (χ4n) is 1.64. The second-order valence-electron chi connectivity index (χ2n) is 3.44. The summed E-state index contributed by atoms with van der Waals surface area (Å²) in [4.78, 5) is 10.7. The van der Waals surface area contributed by atoms with Gasteiger partial charge in [-0.2, -0.15) is 0 Å². The molecule has 2 aromatic rings. The Morgan fingerprint density at radius 2 is 2.00 bits per heavy atom. The van der Waals surface area contributed by atoms with E-state index in [9.17, 15) is 4.79 Å². The van der Waals surface area contributed by atoms with Crippen molar-refractivity contribution in [1.29, 1.82) is 0 Å². The Bertz CT molecular complexity index is 505. The fraction of sp³-hybridized carbons (Fsp3) is 0.0833. The molecule has 0 atom stereocenters. The number of carboxylic acid groups (broad SMARTS) is 1. The molecule has 0 bridgehead atoms. The number of carbonyl (C=O) groups is 1. The molecule has 16 heavy (non-hydrogen) atoms. The Balaban J connectivity index is 2.47. The first-order valence-corrected chi connectivity index (χ1v) is 5.69. The summed E-state index contributed by atoms with van der Waals surface area (Å²) in [6.07, 6.45) is 0.0118. The molecule has 82 valence electrons. The second kappa shape index (κ2) is 4.37. The fourth-order valence-corrected chi connectivity index (χ4v) is 2.47. The molecule has 0 aliphatic rings. The van der Waals surface area contributed by atoms with Gasteiger partial charge in [-0.25, -0.2) is 0 Å². The van der Waals surface area contributed by atoms with Gasteiger partial charge in [0.2, 0.25) is 0 Å². The van der Waals surface area contributed by atoms with Gasteiger partial charge in [-0.05, 0) is 16.5 Å². The van der Waals surface area contributed by atoms with Gasteiger partial charge in [-0.15, -0.1) is 11.3 Å². The third-order valence-corrected chi connectivity index (χ3v) is 3.16. The van der Waals surface area contributed by atoms with Crippen LogP contribution in [0.4, 0.5) is 5.00 Å². The molecular weight excluding hydrogens is 222 g/mol. The van der Waals surface area contributed by atoms with Crippen molar-refractivity contribution in [2.45, 2.75) is 6.42 Å². The van der Waals surface area contributed by atoms with E-state index in [1.165, 1.54) is 11.3 Å². The third-order valence-electron chi connectivity index (χ3n) is 2.30. The number of benzene rings is 1. The van der Waals surface area contributed by atoms with Gasteiger partial charge >= 0.3 is 5.97 Å². The number of hydrogen-bond donors (Lipinski definition) is 2. The van der Waals surface area contributed by atoms with Crippen LogP contribution in [0.15, 0.2) is 35.7 Å². The van der Waals surface area contributed by atoms with E-state index in [1.54, 1.807) is 0 Å².